The van der Waals surface area contributed by atoms with Crippen molar-refractivity contribution in [2.75, 3.05) is 12.4 Å². The van der Waals surface area contributed by atoms with Gasteiger partial charge in [0.2, 0.25) is 5.91 Å². The van der Waals surface area contributed by atoms with Crippen molar-refractivity contribution in [1.29, 1.82) is 0 Å². The molecule has 20 heavy (non-hydrogen) atoms. The molecule has 0 spiro atoms. The van der Waals surface area contributed by atoms with Gasteiger partial charge in [-0.3, -0.25) is 9.48 Å². The number of amides is 1. The summed E-state index contributed by atoms with van der Waals surface area (Å²) in [4.78, 5) is 12.2. The summed E-state index contributed by atoms with van der Waals surface area (Å²) >= 11 is 0. The number of benzene rings is 1. The first-order valence-corrected chi connectivity index (χ1v) is 6.21. The van der Waals surface area contributed by atoms with E-state index in [1.54, 1.807) is 37.3 Å². The minimum atomic E-state index is -0.770. The highest BCUT2D eigenvalue weighted by Crippen LogP contribution is 2.26. The Morgan fingerprint density at radius 1 is 1.50 bits per heavy atom. The van der Waals surface area contributed by atoms with Crippen molar-refractivity contribution in [2.24, 2.45) is 12.8 Å². The van der Waals surface area contributed by atoms with Gasteiger partial charge in [-0.25, -0.2) is 0 Å². The van der Waals surface area contributed by atoms with Gasteiger partial charge in [-0.15, -0.1) is 0 Å². The molecule has 6 nitrogen and oxygen atoms in total. The number of carbonyl (C=O) groups excluding carboxylic acids is 1. The van der Waals surface area contributed by atoms with E-state index in [-0.39, 0.29) is 5.91 Å². The Bertz CT molecular complexity index is 621. The zero-order valence-electron chi connectivity index (χ0n) is 11.8. The lowest BCUT2D eigenvalue weighted by Crippen LogP contribution is -2.27. The van der Waals surface area contributed by atoms with Crippen LogP contribution in [0.5, 0.6) is 5.75 Å². The van der Waals surface area contributed by atoms with Gasteiger partial charge in [0.25, 0.3) is 0 Å². The van der Waals surface area contributed by atoms with Gasteiger partial charge in [0.15, 0.2) is 0 Å². The smallest absolute Gasteiger partial charge is 0.246 e. The van der Waals surface area contributed by atoms with Gasteiger partial charge in [-0.1, -0.05) is 6.07 Å². The van der Waals surface area contributed by atoms with Crippen LogP contribution in [0.3, 0.4) is 0 Å². The van der Waals surface area contributed by atoms with Gasteiger partial charge < -0.3 is 15.8 Å². The molecule has 1 aromatic carbocycles. The summed E-state index contributed by atoms with van der Waals surface area (Å²) in [6, 6.07) is 4.79. The molecule has 6 heteroatoms. The Labute approximate surface area is 117 Å². The number of nitrogens with two attached hydrogens (primary N) is 1. The average Bonchev–Trinajstić information content (AvgIpc) is 2.84. The SMILES string of the molecule is COc1ccc(C)cc1NC(=O)C(N)c1cnn(C)c1. The highest BCUT2D eigenvalue weighted by molar-refractivity contribution is 5.96. The summed E-state index contributed by atoms with van der Waals surface area (Å²) in [5.74, 6) is 0.296. The number of hydrogen-bond acceptors (Lipinski definition) is 4. The normalized spacial score (nSPS) is 12.0. The van der Waals surface area contributed by atoms with Gasteiger partial charge in [0, 0.05) is 18.8 Å². The third kappa shape index (κ3) is 2.97. The van der Waals surface area contributed by atoms with Crippen molar-refractivity contribution < 1.29 is 9.53 Å². The first-order chi connectivity index (χ1) is 9.51. The van der Waals surface area contributed by atoms with Crippen molar-refractivity contribution in [3.63, 3.8) is 0 Å². The van der Waals surface area contributed by atoms with E-state index in [4.69, 9.17) is 10.5 Å². The second-order valence-electron chi connectivity index (χ2n) is 4.62. The first-order valence-electron chi connectivity index (χ1n) is 6.21. The van der Waals surface area contributed by atoms with Crippen molar-refractivity contribution in [2.45, 2.75) is 13.0 Å². The molecule has 0 aliphatic rings. The number of carbonyl (C=O) groups is 1. The van der Waals surface area contributed by atoms with E-state index in [0.717, 1.165) is 5.56 Å². The van der Waals surface area contributed by atoms with E-state index < -0.39 is 6.04 Å². The predicted molar refractivity (Wildman–Crippen MR) is 76.5 cm³/mol. The molecule has 106 valence electrons. The van der Waals surface area contributed by atoms with E-state index in [2.05, 4.69) is 10.4 Å². The average molecular weight is 274 g/mol. The number of aromatic nitrogens is 2. The molecule has 3 N–H and O–H groups in total. The number of nitrogens with one attached hydrogen (secondary N) is 1. The Morgan fingerprint density at radius 3 is 2.85 bits per heavy atom. The fourth-order valence-corrected chi connectivity index (χ4v) is 1.88. The standard InChI is InChI=1S/C14H18N4O2/c1-9-4-5-12(20-3)11(6-9)17-14(19)13(15)10-7-16-18(2)8-10/h4-8,13H,15H2,1-3H3,(H,17,19). The molecule has 1 unspecified atom stereocenters. The Kier molecular flexibility index (Phi) is 4.05. The molecule has 0 radical (unpaired) electrons. The third-order valence-electron chi connectivity index (χ3n) is 2.98. The van der Waals surface area contributed by atoms with Crippen LogP contribution in [0.25, 0.3) is 0 Å². The Balaban J connectivity index is 2.17. The van der Waals surface area contributed by atoms with E-state index >= 15 is 0 Å². The van der Waals surface area contributed by atoms with Crippen molar-refractivity contribution in [1.82, 2.24) is 9.78 Å². The van der Waals surface area contributed by atoms with Gasteiger partial charge >= 0.3 is 0 Å². The number of rotatable bonds is 4. The fraction of sp³-hybridized carbons (Fsp3) is 0.286. The van der Waals surface area contributed by atoms with Gasteiger partial charge in [-0.05, 0) is 24.6 Å². The summed E-state index contributed by atoms with van der Waals surface area (Å²) in [6.07, 6.45) is 3.30. The Hall–Kier alpha value is -2.34. The molecule has 0 fully saturated rings. The molecular formula is C14H18N4O2. The van der Waals surface area contributed by atoms with Gasteiger partial charge in [0.1, 0.15) is 11.8 Å². The second kappa shape index (κ2) is 5.75. The summed E-state index contributed by atoms with van der Waals surface area (Å²) in [5.41, 5.74) is 8.22. The molecule has 1 aromatic heterocycles. The fourth-order valence-electron chi connectivity index (χ4n) is 1.88. The summed E-state index contributed by atoms with van der Waals surface area (Å²) in [6.45, 7) is 1.94. The number of ether oxygens (including phenoxy) is 1. The molecule has 0 saturated carbocycles. The first kappa shape index (κ1) is 14.1. The summed E-state index contributed by atoms with van der Waals surface area (Å²) in [7, 11) is 3.33. The second-order valence-corrected chi connectivity index (χ2v) is 4.62. The zero-order chi connectivity index (χ0) is 14.7. The lowest BCUT2D eigenvalue weighted by atomic mass is 10.1. The van der Waals surface area contributed by atoms with E-state index in [1.807, 2.05) is 19.1 Å². The van der Waals surface area contributed by atoms with Gasteiger partial charge in [-0.2, -0.15) is 5.10 Å². The van der Waals surface area contributed by atoms with Crippen LogP contribution < -0.4 is 15.8 Å². The molecule has 1 amide bonds. The van der Waals surface area contributed by atoms with Crippen LogP contribution in [-0.2, 0) is 11.8 Å². The molecule has 0 saturated heterocycles. The zero-order valence-corrected chi connectivity index (χ0v) is 11.8. The van der Waals surface area contributed by atoms with E-state index in [9.17, 15) is 4.79 Å². The van der Waals surface area contributed by atoms with Crippen molar-refractivity contribution in [3.05, 3.63) is 41.7 Å². The minimum absolute atomic E-state index is 0.304. The van der Waals surface area contributed by atoms with Crippen LogP contribution in [0.2, 0.25) is 0 Å². The highest BCUT2D eigenvalue weighted by Gasteiger charge is 2.18. The maximum atomic E-state index is 12.2. The number of methoxy groups -OCH3 is 1. The van der Waals surface area contributed by atoms with Crippen LogP contribution >= 0.6 is 0 Å². The number of anilines is 1. The van der Waals surface area contributed by atoms with E-state index in [0.29, 0.717) is 17.0 Å². The quantitative estimate of drug-likeness (QED) is 0.882. The summed E-state index contributed by atoms with van der Waals surface area (Å²) in [5, 5.41) is 6.79. The van der Waals surface area contributed by atoms with Crippen LogP contribution in [0.4, 0.5) is 5.69 Å². The Morgan fingerprint density at radius 2 is 2.25 bits per heavy atom. The van der Waals surface area contributed by atoms with Crippen LogP contribution in [0, 0.1) is 6.92 Å². The molecule has 0 aliphatic heterocycles. The molecule has 0 bridgehead atoms. The number of nitrogens with zero attached hydrogens (tertiary/aromatic N) is 2. The van der Waals surface area contributed by atoms with Crippen molar-refractivity contribution in [3.8, 4) is 5.75 Å². The third-order valence-corrected chi connectivity index (χ3v) is 2.98. The van der Waals surface area contributed by atoms with Crippen LogP contribution in [0.15, 0.2) is 30.6 Å². The molecule has 0 aliphatic carbocycles. The molecule has 1 heterocycles. The van der Waals surface area contributed by atoms with Crippen molar-refractivity contribution >= 4 is 11.6 Å². The highest BCUT2D eigenvalue weighted by atomic mass is 16.5. The van der Waals surface area contributed by atoms with Crippen LogP contribution in [-0.4, -0.2) is 22.8 Å². The lowest BCUT2D eigenvalue weighted by Gasteiger charge is -2.14. The molecule has 2 rings (SSSR count). The molecule has 1 atom stereocenters. The maximum absolute atomic E-state index is 12.2. The summed E-state index contributed by atoms with van der Waals surface area (Å²) < 4.78 is 6.83. The van der Waals surface area contributed by atoms with Gasteiger partial charge in [0.05, 0.1) is 19.0 Å². The largest absolute Gasteiger partial charge is 0.495 e. The maximum Gasteiger partial charge on any atom is 0.246 e. The minimum Gasteiger partial charge on any atom is -0.495 e. The van der Waals surface area contributed by atoms with Crippen LogP contribution in [0.1, 0.15) is 17.2 Å². The molecular weight excluding hydrogens is 256 g/mol. The molecule has 2 aromatic rings. The topological polar surface area (TPSA) is 82.2 Å². The number of aryl methyl sites for hydroxylation is 2. The number of hydrogen-bond donors (Lipinski definition) is 2. The lowest BCUT2D eigenvalue weighted by molar-refractivity contribution is -0.117. The monoisotopic (exact) mass is 274 g/mol. The predicted octanol–water partition coefficient (Wildman–Crippen LogP) is 1.38. The van der Waals surface area contributed by atoms with E-state index in [1.165, 1.54) is 0 Å².